The summed E-state index contributed by atoms with van der Waals surface area (Å²) in [6, 6.07) is 14.7. The van der Waals surface area contributed by atoms with Gasteiger partial charge in [0, 0.05) is 17.7 Å². The molecule has 4 rings (SSSR count). The lowest BCUT2D eigenvalue weighted by Crippen LogP contribution is -2.15. The van der Waals surface area contributed by atoms with Gasteiger partial charge in [-0.2, -0.15) is 0 Å². The molecule has 2 aromatic rings. The fourth-order valence-corrected chi connectivity index (χ4v) is 3.39. The predicted octanol–water partition coefficient (Wildman–Crippen LogP) is 2.59. The summed E-state index contributed by atoms with van der Waals surface area (Å²) >= 11 is 0. The molecule has 1 heterocycles. The van der Waals surface area contributed by atoms with Crippen LogP contribution in [0, 0.1) is 10.1 Å². The van der Waals surface area contributed by atoms with E-state index in [-0.39, 0.29) is 23.7 Å². The van der Waals surface area contributed by atoms with E-state index in [9.17, 15) is 14.9 Å². The smallest absolute Gasteiger partial charge is 0.269 e. The highest BCUT2D eigenvalue weighted by atomic mass is 16.6. The fraction of sp³-hybridized carbons (Fsp3) is 0.235. The molecule has 0 spiro atoms. The number of nitro benzene ring substituents is 1. The predicted molar refractivity (Wildman–Crippen MR) is 80.7 cm³/mol. The highest BCUT2D eigenvalue weighted by Gasteiger charge is 2.52. The van der Waals surface area contributed by atoms with E-state index in [0.29, 0.717) is 5.56 Å². The van der Waals surface area contributed by atoms with Gasteiger partial charge in [-0.25, -0.2) is 0 Å². The van der Waals surface area contributed by atoms with Crippen molar-refractivity contribution >= 4 is 11.6 Å². The third-order valence-corrected chi connectivity index (χ3v) is 4.61. The zero-order chi connectivity index (χ0) is 15.3. The largest absolute Gasteiger partial charge is 0.328 e. The second kappa shape index (κ2) is 4.66. The maximum absolute atomic E-state index is 12.6. The minimum atomic E-state index is -0.456. The molecule has 0 saturated carbocycles. The summed E-state index contributed by atoms with van der Waals surface area (Å²) in [5, 5.41) is 10.7. The average Bonchev–Trinajstić information content (AvgIpc) is 3.24. The van der Waals surface area contributed by atoms with Crippen LogP contribution in [-0.2, 0) is 12.8 Å². The molecule has 0 unspecified atom stereocenters. The maximum Gasteiger partial charge on any atom is 0.269 e. The Morgan fingerprint density at radius 3 is 2.05 bits per heavy atom. The van der Waals surface area contributed by atoms with Gasteiger partial charge in [-0.05, 0) is 36.1 Å². The van der Waals surface area contributed by atoms with Crippen LogP contribution in [0.4, 0.5) is 5.69 Å². The van der Waals surface area contributed by atoms with Gasteiger partial charge in [0.05, 0.1) is 17.0 Å². The topological polar surface area (TPSA) is 63.2 Å². The van der Waals surface area contributed by atoms with Crippen molar-refractivity contribution in [2.75, 3.05) is 0 Å². The van der Waals surface area contributed by atoms with Crippen molar-refractivity contribution in [1.82, 2.24) is 4.90 Å². The molecule has 1 saturated heterocycles. The van der Waals surface area contributed by atoms with E-state index in [2.05, 4.69) is 12.1 Å². The molecule has 2 aromatic carbocycles. The van der Waals surface area contributed by atoms with Crippen molar-refractivity contribution in [2.24, 2.45) is 0 Å². The highest BCUT2D eigenvalue weighted by molar-refractivity contribution is 5.96. The molecular weight excluding hydrogens is 280 g/mol. The molecule has 110 valence electrons. The Balaban J connectivity index is 1.53. The number of carbonyl (C=O) groups excluding carboxylic acids is 1. The molecule has 0 N–H and O–H groups in total. The minimum absolute atomic E-state index is 0.00664. The Labute approximate surface area is 127 Å². The van der Waals surface area contributed by atoms with E-state index < -0.39 is 4.92 Å². The third-order valence-electron chi connectivity index (χ3n) is 4.61. The van der Waals surface area contributed by atoms with Crippen molar-refractivity contribution < 1.29 is 9.72 Å². The Bertz CT molecular complexity index is 739. The zero-order valence-corrected chi connectivity index (χ0v) is 11.8. The standard InChI is InChI=1S/C17H14N2O3/c20-17(11-5-7-14(8-6-11)19(21)22)18-15-9-12-3-1-2-4-13(12)10-16(15)18/h1-8,15-16H,9-10H2/t15-,16+,18?. The van der Waals surface area contributed by atoms with E-state index in [1.54, 1.807) is 0 Å². The van der Waals surface area contributed by atoms with Crippen molar-refractivity contribution in [3.8, 4) is 0 Å². The summed E-state index contributed by atoms with van der Waals surface area (Å²) in [6.07, 6.45) is 1.80. The van der Waals surface area contributed by atoms with Crippen LogP contribution in [0.2, 0.25) is 0 Å². The normalized spacial score (nSPS) is 21.7. The summed E-state index contributed by atoms with van der Waals surface area (Å²) in [6.45, 7) is 0. The quantitative estimate of drug-likeness (QED) is 0.486. The van der Waals surface area contributed by atoms with Crippen LogP contribution >= 0.6 is 0 Å². The van der Waals surface area contributed by atoms with Crippen LogP contribution in [0.25, 0.3) is 0 Å². The summed E-state index contributed by atoms with van der Waals surface area (Å²) in [5.74, 6) is -0.0299. The summed E-state index contributed by atoms with van der Waals surface area (Å²) < 4.78 is 0. The van der Waals surface area contributed by atoms with Crippen LogP contribution in [-0.4, -0.2) is 27.8 Å². The van der Waals surface area contributed by atoms with Gasteiger partial charge in [0.2, 0.25) is 0 Å². The lowest BCUT2D eigenvalue weighted by Gasteiger charge is -2.11. The first-order valence-electron chi connectivity index (χ1n) is 7.29. The molecule has 22 heavy (non-hydrogen) atoms. The molecular formula is C17H14N2O3. The number of amides is 1. The first kappa shape index (κ1) is 13.0. The number of fused-ring (bicyclic) bond motifs is 2. The van der Waals surface area contributed by atoms with Gasteiger partial charge in [-0.15, -0.1) is 0 Å². The van der Waals surface area contributed by atoms with Crippen LogP contribution < -0.4 is 0 Å². The van der Waals surface area contributed by atoms with Crippen molar-refractivity contribution in [1.29, 1.82) is 0 Å². The lowest BCUT2D eigenvalue weighted by atomic mass is 9.92. The average molecular weight is 294 g/mol. The number of benzene rings is 2. The van der Waals surface area contributed by atoms with Gasteiger partial charge in [0.25, 0.3) is 11.6 Å². The van der Waals surface area contributed by atoms with Gasteiger partial charge in [0.1, 0.15) is 0 Å². The Hall–Kier alpha value is -2.69. The van der Waals surface area contributed by atoms with Crippen molar-refractivity contribution in [3.05, 3.63) is 75.3 Å². The highest BCUT2D eigenvalue weighted by Crippen LogP contribution is 2.40. The molecule has 2 aliphatic rings. The van der Waals surface area contributed by atoms with Crippen molar-refractivity contribution in [3.63, 3.8) is 0 Å². The Kier molecular flexibility index (Phi) is 2.76. The van der Waals surface area contributed by atoms with E-state index in [4.69, 9.17) is 0 Å². The zero-order valence-electron chi connectivity index (χ0n) is 11.8. The second-order valence-corrected chi connectivity index (χ2v) is 5.83. The van der Waals surface area contributed by atoms with Crippen LogP contribution in [0.3, 0.4) is 0 Å². The van der Waals surface area contributed by atoms with Crippen LogP contribution in [0.15, 0.2) is 48.5 Å². The first-order valence-corrected chi connectivity index (χ1v) is 7.29. The SMILES string of the molecule is O=C(c1ccc([N+](=O)[O-])cc1)N1[C@@H]2Cc3ccccc3C[C@@H]21. The molecule has 1 amide bonds. The lowest BCUT2D eigenvalue weighted by molar-refractivity contribution is -0.384. The van der Waals surface area contributed by atoms with Gasteiger partial charge >= 0.3 is 0 Å². The molecule has 0 aromatic heterocycles. The van der Waals surface area contributed by atoms with Gasteiger partial charge in [-0.1, -0.05) is 24.3 Å². The van der Waals surface area contributed by atoms with E-state index >= 15 is 0 Å². The Morgan fingerprint density at radius 1 is 1.00 bits per heavy atom. The molecule has 1 fully saturated rings. The monoisotopic (exact) mass is 294 g/mol. The first-order chi connectivity index (χ1) is 10.6. The van der Waals surface area contributed by atoms with E-state index in [1.165, 1.54) is 35.4 Å². The number of carbonyl (C=O) groups is 1. The number of nitrogens with zero attached hydrogens (tertiary/aromatic N) is 2. The summed E-state index contributed by atoms with van der Waals surface area (Å²) in [7, 11) is 0. The second-order valence-electron chi connectivity index (χ2n) is 5.83. The summed E-state index contributed by atoms with van der Waals surface area (Å²) in [4.78, 5) is 24.7. The molecule has 2 atom stereocenters. The van der Waals surface area contributed by atoms with Crippen LogP contribution in [0.5, 0.6) is 0 Å². The maximum atomic E-state index is 12.6. The number of rotatable bonds is 2. The molecule has 5 heteroatoms. The van der Waals surface area contributed by atoms with Gasteiger partial charge in [0.15, 0.2) is 0 Å². The van der Waals surface area contributed by atoms with E-state index in [1.807, 2.05) is 17.0 Å². The number of non-ortho nitro benzene ring substituents is 1. The number of hydrogen-bond donors (Lipinski definition) is 0. The number of hydrogen-bond acceptors (Lipinski definition) is 3. The van der Waals surface area contributed by atoms with Gasteiger partial charge in [-0.3, -0.25) is 14.9 Å². The van der Waals surface area contributed by atoms with E-state index in [0.717, 1.165) is 12.8 Å². The van der Waals surface area contributed by atoms with Crippen LogP contribution in [0.1, 0.15) is 21.5 Å². The summed E-state index contributed by atoms with van der Waals surface area (Å²) in [5.41, 5.74) is 3.17. The molecule has 0 bridgehead atoms. The molecule has 5 nitrogen and oxygen atoms in total. The fourth-order valence-electron chi connectivity index (χ4n) is 3.39. The third kappa shape index (κ3) is 1.97. The molecule has 0 radical (unpaired) electrons. The van der Waals surface area contributed by atoms with Crippen molar-refractivity contribution in [2.45, 2.75) is 24.9 Å². The van der Waals surface area contributed by atoms with Gasteiger partial charge < -0.3 is 4.90 Å². The number of nitro groups is 1. The Morgan fingerprint density at radius 2 is 1.55 bits per heavy atom. The molecule has 1 aliphatic heterocycles. The minimum Gasteiger partial charge on any atom is -0.328 e. The molecule has 1 aliphatic carbocycles.